The van der Waals surface area contributed by atoms with Gasteiger partial charge in [0, 0.05) is 24.6 Å². The molecule has 4 rings (SSSR count). The number of halogens is 1. The molecule has 1 aliphatic heterocycles. The Labute approximate surface area is 170 Å². The smallest absolute Gasteiger partial charge is 0.243 e. The SMILES string of the molecule is CC(=O)c1ccc(S(=O)(=O)N2C[C@@H]3CCC[C@](O)(c4ccc(F)cc4)[C@@H]3C2)cc1. The normalized spacial score (nSPS) is 27.6. The van der Waals surface area contributed by atoms with Crippen molar-refractivity contribution in [3.8, 4) is 0 Å². The van der Waals surface area contributed by atoms with Crippen molar-refractivity contribution in [2.45, 2.75) is 36.7 Å². The van der Waals surface area contributed by atoms with E-state index in [2.05, 4.69) is 0 Å². The highest BCUT2D eigenvalue weighted by Crippen LogP contribution is 2.49. The molecule has 0 amide bonds. The molecule has 154 valence electrons. The maximum Gasteiger partial charge on any atom is 0.243 e. The monoisotopic (exact) mass is 417 g/mol. The van der Waals surface area contributed by atoms with Crippen molar-refractivity contribution in [1.29, 1.82) is 0 Å². The minimum absolute atomic E-state index is 0.0464. The van der Waals surface area contributed by atoms with E-state index in [1.165, 1.54) is 47.6 Å². The van der Waals surface area contributed by atoms with Crippen molar-refractivity contribution in [2.24, 2.45) is 11.8 Å². The van der Waals surface area contributed by atoms with Crippen LogP contribution in [0.5, 0.6) is 0 Å². The Morgan fingerprint density at radius 1 is 1.10 bits per heavy atom. The molecule has 2 fully saturated rings. The Hall–Kier alpha value is -2.09. The van der Waals surface area contributed by atoms with Crippen molar-refractivity contribution in [2.75, 3.05) is 13.1 Å². The Kier molecular flexibility index (Phi) is 5.09. The third-order valence-corrected chi connectivity index (χ3v) is 8.24. The zero-order chi connectivity index (χ0) is 20.8. The van der Waals surface area contributed by atoms with Crippen LogP contribution < -0.4 is 0 Å². The van der Waals surface area contributed by atoms with Crippen molar-refractivity contribution < 1.29 is 22.7 Å². The third kappa shape index (κ3) is 3.52. The molecule has 0 spiro atoms. The van der Waals surface area contributed by atoms with Gasteiger partial charge in [-0.2, -0.15) is 4.31 Å². The summed E-state index contributed by atoms with van der Waals surface area (Å²) < 4.78 is 41.1. The number of rotatable bonds is 4. The fraction of sp³-hybridized carbons (Fsp3) is 0.409. The predicted octanol–water partition coefficient (Wildman–Crippen LogP) is 3.34. The Bertz CT molecular complexity index is 1020. The van der Waals surface area contributed by atoms with Crippen LogP contribution in [0, 0.1) is 17.7 Å². The van der Waals surface area contributed by atoms with Gasteiger partial charge in [-0.15, -0.1) is 0 Å². The maximum absolute atomic E-state index is 13.3. The van der Waals surface area contributed by atoms with E-state index in [-0.39, 0.29) is 34.9 Å². The second-order valence-corrected chi connectivity index (χ2v) is 10.0. The van der Waals surface area contributed by atoms with E-state index >= 15 is 0 Å². The number of Topliss-reactive ketones (excluding diaryl/α,β-unsaturated/α-hetero) is 1. The average Bonchev–Trinajstić information content (AvgIpc) is 3.15. The summed E-state index contributed by atoms with van der Waals surface area (Å²) in [6.45, 7) is 2.01. The van der Waals surface area contributed by atoms with Gasteiger partial charge in [-0.1, -0.05) is 24.3 Å². The van der Waals surface area contributed by atoms with Crippen LogP contribution in [0.25, 0.3) is 0 Å². The largest absolute Gasteiger partial charge is 0.385 e. The van der Waals surface area contributed by atoms with Gasteiger partial charge in [0.25, 0.3) is 0 Å². The Morgan fingerprint density at radius 2 is 1.76 bits per heavy atom. The first-order valence-corrected chi connectivity index (χ1v) is 11.3. The molecule has 3 atom stereocenters. The highest BCUT2D eigenvalue weighted by atomic mass is 32.2. The quantitative estimate of drug-likeness (QED) is 0.775. The molecular formula is C22H24FNO4S. The van der Waals surface area contributed by atoms with E-state index in [1.54, 1.807) is 12.1 Å². The zero-order valence-corrected chi connectivity index (χ0v) is 17.0. The minimum Gasteiger partial charge on any atom is -0.385 e. The summed E-state index contributed by atoms with van der Waals surface area (Å²) in [7, 11) is -3.73. The first-order valence-electron chi connectivity index (χ1n) is 9.81. The molecule has 29 heavy (non-hydrogen) atoms. The molecule has 0 unspecified atom stereocenters. The van der Waals surface area contributed by atoms with E-state index in [0.29, 0.717) is 24.1 Å². The van der Waals surface area contributed by atoms with Crippen LogP contribution in [0.4, 0.5) is 4.39 Å². The second kappa shape index (κ2) is 7.31. The molecule has 1 saturated heterocycles. The van der Waals surface area contributed by atoms with Gasteiger partial charge in [-0.05, 0) is 61.9 Å². The van der Waals surface area contributed by atoms with E-state index < -0.39 is 15.6 Å². The van der Waals surface area contributed by atoms with Crippen LogP contribution in [-0.2, 0) is 15.6 Å². The molecule has 1 saturated carbocycles. The molecule has 2 aliphatic rings. The van der Waals surface area contributed by atoms with Crippen molar-refractivity contribution >= 4 is 15.8 Å². The van der Waals surface area contributed by atoms with Gasteiger partial charge in [0.2, 0.25) is 10.0 Å². The van der Waals surface area contributed by atoms with Gasteiger partial charge in [-0.25, -0.2) is 12.8 Å². The summed E-state index contributed by atoms with van der Waals surface area (Å²) in [5, 5.41) is 11.5. The van der Waals surface area contributed by atoms with Gasteiger partial charge in [0.1, 0.15) is 5.82 Å². The Balaban J connectivity index is 1.62. The molecule has 0 aromatic heterocycles. The molecule has 2 aromatic rings. The number of carbonyl (C=O) groups is 1. The lowest BCUT2D eigenvalue weighted by Gasteiger charge is -2.41. The van der Waals surface area contributed by atoms with Gasteiger partial charge < -0.3 is 5.11 Å². The number of aliphatic hydroxyl groups is 1. The number of sulfonamides is 1. The number of hydrogen-bond acceptors (Lipinski definition) is 4. The second-order valence-electron chi connectivity index (χ2n) is 8.09. The van der Waals surface area contributed by atoms with Gasteiger partial charge in [-0.3, -0.25) is 4.79 Å². The summed E-state index contributed by atoms with van der Waals surface area (Å²) in [6.07, 6.45) is 2.17. The number of benzene rings is 2. The first kappa shape index (κ1) is 20.2. The molecule has 7 heteroatoms. The lowest BCUT2D eigenvalue weighted by Crippen LogP contribution is -2.43. The summed E-state index contributed by atoms with van der Waals surface area (Å²) >= 11 is 0. The molecule has 1 heterocycles. The third-order valence-electron chi connectivity index (χ3n) is 6.40. The van der Waals surface area contributed by atoms with E-state index in [1.807, 2.05) is 0 Å². The highest BCUT2D eigenvalue weighted by Gasteiger charge is 2.52. The minimum atomic E-state index is -3.73. The fourth-order valence-electron chi connectivity index (χ4n) is 4.79. The molecule has 0 radical (unpaired) electrons. The zero-order valence-electron chi connectivity index (χ0n) is 16.2. The lowest BCUT2D eigenvalue weighted by molar-refractivity contribution is -0.0641. The Morgan fingerprint density at radius 3 is 2.38 bits per heavy atom. The van der Waals surface area contributed by atoms with Crippen molar-refractivity contribution in [3.05, 3.63) is 65.5 Å². The number of nitrogens with zero attached hydrogens (tertiary/aromatic N) is 1. The predicted molar refractivity (Wildman–Crippen MR) is 106 cm³/mol. The van der Waals surface area contributed by atoms with E-state index in [0.717, 1.165) is 12.8 Å². The molecule has 0 bridgehead atoms. The molecular weight excluding hydrogens is 393 g/mol. The van der Waals surface area contributed by atoms with Gasteiger partial charge >= 0.3 is 0 Å². The van der Waals surface area contributed by atoms with Crippen molar-refractivity contribution in [1.82, 2.24) is 4.31 Å². The van der Waals surface area contributed by atoms with E-state index in [9.17, 15) is 22.7 Å². The summed E-state index contributed by atoms with van der Waals surface area (Å²) in [5.41, 5.74) is -0.0669. The van der Waals surface area contributed by atoms with Gasteiger partial charge in [0.05, 0.1) is 10.5 Å². The molecule has 1 aliphatic carbocycles. The molecule has 2 aromatic carbocycles. The highest BCUT2D eigenvalue weighted by molar-refractivity contribution is 7.89. The number of hydrogen-bond donors (Lipinski definition) is 1. The fourth-order valence-corrected chi connectivity index (χ4v) is 6.31. The van der Waals surface area contributed by atoms with Crippen LogP contribution >= 0.6 is 0 Å². The van der Waals surface area contributed by atoms with Crippen LogP contribution in [0.3, 0.4) is 0 Å². The number of carbonyl (C=O) groups excluding carboxylic acids is 1. The summed E-state index contributed by atoms with van der Waals surface area (Å²) in [6, 6.07) is 11.8. The summed E-state index contributed by atoms with van der Waals surface area (Å²) in [5.74, 6) is -0.683. The molecule has 1 N–H and O–H groups in total. The number of ketones is 1. The maximum atomic E-state index is 13.3. The first-order chi connectivity index (χ1) is 13.7. The lowest BCUT2D eigenvalue weighted by atomic mass is 9.67. The van der Waals surface area contributed by atoms with Crippen LogP contribution in [0.2, 0.25) is 0 Å². The van der Waals surface area contributed by atoms with Crippen LogP contribution in [0.1, 0.15) is 42.1 Å². The summed E-state index contributed by atoms with van der Waals surface area (Å²) in [4.78, 5) is 11.6. The topological polar surface area (TPSA) is 74.7 Å². The van der Waals surface area contributed by atoms with Crippen LogP contribution in [0.15, 0.2) is 53.4 Å². The number of fused-ring (bicyclic) bond motifs is 1. The van der Waals surface area contributed by atoms with E-state index in [4.69, 9.17) is 0 Å². The van der Waals surface area contributed by atoms with Gasteiger partial charge in [0.15, 0.2) is 5.78 Å². The van der Waals surface area contributed by atoms with Crippen molar-refractivity contribution in [3.63, 3.8) is 0 Å². The average molecular weight is 418 g/mol. The van der Waals surface area contributed by atoms with Crippen LogP contribution in [-0.4, -0.2) is 36.7 Å². The molecule has 5 nitrogen and oxygen atoms in total. The standard InChI is InChI=1S/C22H24FNO4S/c1-15(25)16-4-10-20(11-5-16)29(27,28)24-13-17-3-2-12-22(26,21(17)14-24)18-6-8-19(23)9-7-18/h4-11,17,21,26H,2-3,12-14H2,1H3/t17-,21+,22-/m0/s1.